The highest BCUT2D eigenvalue weighted by molar-refractivity contribution is 7.99. The second kappa shape index (κ2) is 7.50. The molecule has 1 spiro atoms. The van der Waals surface area contributed by atoms with E-state index in [0.717, 1.165) is 68.0 Å². The van der Waals surface area contributed by atoms with E-state index >= 15 is 0 Å². The quantitative estimate of drug-likeness (QED) is 0.794. The summed E-state index contributed by atoms with van der Waals surface area (Å²) in [4.78, 5) is 31.4. The lowest BCUT2D eigenvalue weighted by Crippen LogP contribution is -2.62. The second-order valence-electron chi connectivity index (χ2n) is 8.58. The molecule has 2 aliphatic heterocycles. The number of nitrogens with zero attached hydrogens (tertiary/aromatic N) is 2. The van der Waals surface area contributed by atoms with Gasteiger partial charge < -0.3 is 9.80 Å². The molecule has 2 heterocycles. The van der Waals surface area contributed by atoms with E-state index in [-0.39, 0.29) is 23.3 Å². The molecular formula is C22H30N2O2S. The first-order valence-corrected chi connectivity index (χ1v) is 11.5. The van der Waals surface area contributed by atoms with Gasteiger partial charge in [-0.05, 0) is 30.4 Å². The van der Waals surface area contributed by atoms with Gasteiger partial charge in [-0.2, -0.15) is 11.8 Å². The van der Waals surface area contributed by atoms with Crippen molar-refractivity contribution in [2.24, 2.45) is 5.92 Å². The Kier molecular flexibility index (Phi) is 5.23. The minimum absolute atomic E-state index is 0.124. The van der Waals surface area contributed by atoms with Crippen molar-refractivity contribution in [3.8, 4) is 0 Å². The zero-order chi connectivity index (χ0) is 19.0. The molecule has 1 saturated heterocycles. The summed E-state index contributed by atoms with van der Waals surface area (Å²) >= 11 is 1.92. The average molecular weight is 387 g/mol. The first-order chi connectivity index (χ1) is 13.0. The van der Waals surface area contributed by atoms with Crippen LogP contribution in [0, 0.1) is 5.92 Å². The maximum absolute atomic E-state index is 13.8. The van der Waals surface area contributed by atoms with Crippen molar-refractivity contribution in [1.82, 2.24) is 9.80 Å². The molecule has 0 N–H and O–H groups in total. The van der Waals surface area contributed by atoms with E-state index < -0.39 is 0 Å². The van der Waals surface area contributed by atoms with E-state index in [4.69, 9.17) is 0 Å². The van der Waals surface area contributed by atoms with Gasteiger partial charge in [-0.15, -0.1) is 0 Å². The molecule has 1 aromatic carbocycles. The van der Waals surface area contributed by atoms with E-state index in [0.29, 0.717) is 5.92 Å². The minimum Gasteiger partial charge on any atom is -0.340 e. The number of rotatable bonds is 3. The van der Waals surface area contributed by atoms with Crippen molar-refractivity contribution in [3.63, 3.8) is 0 Å². The Hall–Kier alpha value is -1.49. The first kappa shape index (κ1) is 18.9. The van der Waals surface area contributed by atoms with Crippen LogP contribution in [0.2, 0.25) is 0 Å². The molecular weight excluding hydrogens is 356 g/mol. The third-order valence-electron chi connectivity index (χ3n) is 6.41. The van der Waals surface area contributed by atoms with E-state index in [1.807, 2.05) is 36.0 Å². The van der Waals surface area contributed by atoms with Crippen LogP contribution in [0.4, 0.5) is 0 Å². The topological polar surface area (TPSA) is 40.6 Å². The molecule has 1 saturated carbocycles. The summed E-state index contributed by atoms with van der Waals surface area (Å²) in [6, 6.07) is 7.86. The van der Waals surface area contributed by atoms with Crippen LogP contribution in [0.15, 0.2) is 24.3 Å². The van der Waals surface area contributed by atoms with Crippen LogP contribution in [0.3, 0.4) is 0 Å². The van der Waals surface area contributed by atoms with Gasteiger partial charge in [-0.25, -0.2) is 0 Å². The molecule has 1 atom stereocenters. The van der Waals surface area contributed by atoms with Crippen molar-refractivity contribution in [2.75, 3.05) is 31.1 Å². The van der Waals surface area contributed by atoms with E-state index in [9.17, 15) is 9.59 Å². The number of carbonyl (C=O) groups excluding carboxylic acids is 2. The first-order valence-electron chi connectivity index (χ1n) is 10.3. The van der Waals surface area contributed by atoms with E-state index in [1.165, 1.54) is 0 Å². The van der Waals surface area contributed by atoms with E-state index in [2.05, 4.69) is 23.6 Å². The van der Waals surface area contributed by atoms with Crippen LogP contribution in [-0.4, -0.2) is 58.3 Å². The molecule has 1 aliphatic carbocycles. The molecule has 3 aliphatic rings. The summed E-state index contributed by atoms with van der Waals surface area (Å²) in [5, 5.41) is 0. The predicted molar refractivity (Wildman–Crippen MR) is 110 cm³/mol. The normalized spacial score (nSPS) is 24.6. The molecule has 0 unspecified atom stereocenters. The Morgan fingerprint density at radius 2 is 1.85 bits per heavy atom. The van der Waals surface area contributed by atoms with Crippen molar-refractivity contribution >= 4 is 23.6 Å². The highest BCUT2D eigenvalue weighted by Crippen LogP contribution is 2.51. The second-order valence-corrected chi connectivity index (χ2v) is 9.80. The number of hydrogen-bond acceptors (Lipinski definition) is 3. The number of fused-ring (bicyclic) bond motifs is 1. The van der Waals surface area contributed by atoms with E-state index in [1.54, 1.807) is 0 Å². The molecule has 0 bridgehead atoms. The van der Waals surface area contributed by atoms with Crippen LogP contribution in [0.5, 0.6) is 0 Å². The zero-order valence-corrected chi connectivity index (χ0v) is 17.3. The van der Waals surface area contributed by atoms with Gasteiger partial charge in [0.05, 0.1) is 11.5 Å². The summed E-state index contributed by atoms with van der Waals surface area (Å²) in [5.41, 5.74) is 1.37. The Labute approximate surface area is 166 Å². The number of amides is 2. The standard InChI is InChI=1S/C22H30N2O2S/c1-16(2)15-24-20(25)18-8-4-3-7-17(18)19(22(24)9-5-6-10-22)21(26)23-11-13-27-14-12-23/h3-4,7-8,16,19H,5-6,9-15H2,1-2H3/t19-/m0/s1. The lowest BCUT2D eigenvalue weighted by atomic mass is 9.70. The van der Waals surface area contributed by atoms with Gasteiger partial charge in [0, 0.05) is 36.7 Å². The van der Waals surface area contributed by atoms with Crippen LogP contribution in [0.25, 0.3) is 0 Å². The molecule has 0 radical (unpaired) electrons. The number of thioether (sulfide) groups is 1. The van der Waals surface area contributed by atoms with Gasteiger partial charge in [0.15, 0.2) is 0 Å². The number of benzene rings is 1. The molecule has 5 heteroatoms. The Bertz CT molecular complexity index is 721. The number of hydrogen-bond donors (Lipinski definition) is 0. The highest BCUT2D eigenvalue weighted by Gasteiger charge is 2.56. The molecule has 27 heavy (non-hydrogen) atoms. The fourth-order valence-corrected chi connectivity index (χ4v) is 6.14. The van der Waals surface area contributed by atoms with Crippen molar-refractivity contribution < 1.29 is 9.59 Å². The van der Waals surface area contributed by atoms with Gasteiger partial charge in [-0.3, -0.25) is 9.59 Å². The summed E-state index contributed by atoms with van der Waals surface area (Å²) < 4.78 is 0. The summed E-state index contributed by atoms with van der Waals surface area (Å²) in [6.45, 7) is 6.71. The van der Waals surface area contributed by atoms with Crippen LogP contribution < -0.4 is 0 Å². The zero-order valence-electron chi connectivity index (χ0n) is 16.4. The monoisotopic (exact) mass is 386 g/mol. The minimum atomic E-state index is -0.336. The molecule has 2 fully saturated rings. The van der Waals surface area contributed by atoms with Crippen molar-refractivity contribution in [1.29, 1.82) is 0 Å². The summed E-state index contributed by atoms with van der Waals surface area (Å²) in [7, 11) is 0. The average Bonchev–Trinajstić information content (AvgIpc) is 3.16. The van der Waals surface area contributed by atoms with Crippen molar-refractivity contribution in [2.45, 2.75) is 51.0 Å². The molecule has 146 valence electrons. The summed E-state index contributed by atoms with van der Waals surface area (Å²) in [6.07, 6.45) is 4.09. The van der Waals surface area contributed by atoms with Gasteiger partial charge in [0.1, 0.15) is 0 Å². The van der Waals surface area contributed by atoms with Gasteiger partial charge in [0.2, 0.25) is 5.91 Å². The third-order valence-corrected chi connectivity index (χ3v) is 7.35. The van der Waals surface area contributed by atoms with Crippen LogP contribution in [0.1, 0.15) is 61.4 Å². The third kappa shape index (κ3) is 3.18. The maximum atomic E-state index is 13.8. The lowest BCUT2D eigenvalue weighted by Gasteiger charge is -2.51. The fraction of sp³-hybridized carbons (Fsp3) is 0.636. The van der Waals surface area contributed by atoms with Crippen LogP contribution >= 0.6 is 11.8 Å². The Morgan fingerprint density at radius 1 is 1.19 bits per heavy atom. The largest absolute Gasteiger partial charge is 0.340 e. The molecule has 2 amide bonds. The maximum Gasteiger partial charge on any atom is 0.254 e. The Balaban J connectivity index is 1.83. The molecule has 0 aromatic heterocycles. The van der Waals surface area contributed by atoms with Crippen molar-refractivity contribution in [3.05, 3.63) is 35.4 Å². The smallest absolute Gasteiger partial charge is 0.254 e. The SMILES string of the molecule is CC(C)CN1C(=O)c2ccccc2[C@@H](C(=O)N2CCSCC2)C12CCCC2. The van der Waals surface area contributed by atoms with Gasteiger partial charge in [0.25, 0.3) is 5.91 Å². The fourth-order valence-electron chi connectivity index (χ4n) is 5.24. The molecule has 4 rings (SSSR count). The van der Waals surface area contributed by atoms with Gasteiger partial charge in [-0.1, -0.05) is 44.9 Å². The molecule has 1 aromatic rings. The highest BCUT2D eigenvalue weighted by atomic mass is 32.2. The lowest BCUT2D eigenvalue weighted by molar-refractivity contribution is -0.136. The predicted octanol–water partition coefficient (Wildman–Crippen LogP) is 3.77. The summed E-state index contributed by atoms with van der Waals surface area (Å²) in [5.74, 6) is 2.57. The Morgan fingerprint density at radius 3 is 2.52 bits per heavy atom. The number of carbonyl (C=O) groups is 2. The van der Waals surface area contributed by atoms with Gasteiger partial charge >= 0.3 is 0 Å². The van der Waals surface area contributed by atoms with Crippen LogP contribution in [-0.2, 0) is 4.79 Å². The molecule has 4 nitrogen and oxygen atoms in total.